The fourth-order valence-electron chi connectivity index (χ4n) is 5.94. The highest BCUT2D eigenvalue weighted by atomic mass is 32.2. The van der Waals surface area contributed by atoms with Crippen molar-refractivity contribution in [1.29, 1.82) is 5.26 Å². The van der Waals surface area contributed by atoms with Crippen molar-refractivity contribution < 1.29 is 4.21 Å². The van der Waals surface area contributed by atoms with Crippen LogP contribution in [0.25, 0.3) is 0 Å². The first-order valence-corrected chi connectivity index (χ1v) is 14.4. The number of anilines is 4. The van der Waals surface area contributed by atoms with Gasteiger partial charge in [0.05, 0.1) is 6.20 Å². The third kappa shape index (κ3) is 4.18. The molecule has 36 heavy (non-hydrogen) atoms. The summed E-state index contributed by atoms with van der Waals surface area (Å²) < 4.78 is 16.2. The molecule has 1 saturated carbocycles. The normalized spacial score (nSPS) is 22.1. The second-order valence-corrected chi connectivity index (χ2v) is 13.0. The van der Waals surface area contributed by atoms with Gasteiger partial charge in [-0.05, 0) is 73.2 Å². The molecule has 6 rings (SSSR count). The highest BCUT2D eigenvalue weighted by Gasteiger charge is 2.59. The molecule has 0 radical (unpaired) electrons. The van der Waals surface area contributed by atoms with Gasteiger partial charge in [-0.25, -0.2) is 14.2 Å². The lowest BCUT2D eigenvalue weighted by molar-refractivity contribution is 0.254. The van der Waals surface area contributed by atoms with Gasteiger partial charge in [-0.15, -0.1) is 0 Å². The van der Waals surface area contributed by atoms with Crippen LogP contribution in [0.4, 0.5) is 29.1 Å². The molecule has 0 saturated heterocycles. The van der Waals surface area contributed by atoms with E-state index in [1.165, 1.54) is 30.2 Å². The first-order valence-electron chi connectivity index (χ1n) is 12.0. The van der Waals surface area contributed by atoms with E-state index in [0.29, 0.717) is 34.4 Å². The van der Waals surface area contributed by atoms with Crippen molar-refractivity contribution in [3.05, 3.63) is 58.8 Å². The Hall–Kier alpha value is -3.55. The number of aromatic nitrogens is 3. The number of hydrogen-bond donors (Lipinski definition) is 2. The Balaban J connectivity index is 1.30. The minimum Gasteiger partial charge on any atom is -0.324 e. The lowest BCUT2D eigenvalue weighted by atomic mass is 9.76. The fraction of sp³-hybridized carbons (Fsp3) is 0.385. The third-order valence-corrected chi connectivity index (χ3v) is 7.87. The number of likely N-dealkylation sites (N-methyl/N-ethyl adjacent to an activating group) is 1. The molecule has 3 aromatic rings. The van der Waals surface area contributed by atoms with Crippen molar-refractivity contribution in [2.24, 2.45) is 10.3 Å². The molecule has 1 aromatic carbocycles. The van der Waals surface area contributed by atoms with Crippen LogP contribution in [-0.2, 0) is 28.1 Å². The number of nitriles is 1. The molecule has 2 unspecified atom stereocenters. The lowest BCUT2D eigenvalue weighted by Gasteiger charge is -2.38. The van der Waals surface area contributed by atoms with Gasteiger partial charge in [0.2, 0.25) is 5.95 Å². The molecular weight excluding hydrogens is 472 g/mol. The van der Waals surface area contributed by atoms with Crippen molar-refractivity contribution in [2.45, 2.75) is 31.2 Å². The summed E-state index contributed by atoms with van der Waals surface area (Å²) in [7, 11) is -0.137. The van der Waals surface area contributed by atoms with Crippen LogP contribution in [0.2, 0.25) is 0 Å². The van der Waals surface area contributed by atoms with Crippen molar-refractivity contribution >= 4 is 38.8 Å². The van der Waals surface area contributed by atoms with Crippen molar-refractivity contribution in [3.63, 3.8) is 0 Å². The predicted octanol–water partition coefficient (Wildman–Crippen LogP) is 4.24. The SMILES string of the molecule is CN1Cc2cc(Nc3ncc(C#N)c(Nc4cccc(N=S(C)(C)=O)n4)n3)cc3c2C2(CC2CC3)C1. The fourth-order valence-corrected chi connectivity index (χ4v) is 6.49. The first-order chi connectivity index (χ1) is 17.2. The van der Waals surface area contributed by atoms with E-state index >= 15 is 0 Å². The second-order valence-electron chi connectivity index (χ2n) is 10.4. The Morgan fingerprint density at radius 3 is 2.86 bits per heavy atom. The van der Waals surface area contributed by atoms with Gasteiger partial charge < -0.3 is 15.5 Å². The van der Waals surface area contributed by atoms with Gasteiger partial charge in [-0.2, -0.15) is 14.6 Å². The molecule has 2 N–H and O–H groups in total. The number of pyridine rings is 1. The number of hydrogen-bond acceptors (Lipinski definition) is 9. The summed E-state index contributed by atoms with van der Waals surface area (Å²) in [6.07, 6.45) is 8.30. The molecule has 3 heterocycles. The summed E-state index contributed by atoms with van der Waals surface area (Å²) in [6, 6.07) is 11.8. The van der Waals surface area contributed by atoms with Crippen LogP contribution < -0.4 is 10.6 Å². The van der Waals surface area contributed by atoms with Gasteiger partial charge >= 0.3 is 0 Å². The van der Waals surface area contributed by atoms with Gasteiger partial charge in [0.25, 0.3) is 0 Å². The van der Waals surface area contributed by atoms with Gasteiger partial charge in [-0.3, -0.25) is 0 Å². The smallest absolute Gasteiger partial charge is 0.229 e. The summed E-state index contributed by atoms with van der Waals surface area (Å²) in [6.45, 7) is 2.11. The van der Waals surface area contributed by atoms with Crippen LogP contribution >= 0.6 is 0 Å². The van der Waals surface area contributed by atoms with Crippen molar-refractivity contribution in [3.8, 4) is 6.07 Å². The van der Waals surface area contributed by atoms with E-state index in [-0.39, 0.29) is 0 Å². The zero-order chi connectivity index (χ0) is 25.1. The highest BCUT2D eigenvalue weighted by Crippen LogP contribution is 2.63. The Kier molecular flexibility index (Phi) is 5.24. The molecule has 184 valence electrons. The maximum Gasteiger partial charge on any atom is 0.229 e. The molecule has 9 nitrogen and oxygen atoms in total. The zero-order valence-corrected chi connectivity index (χ0v) is 21.4. The molecular formula is C26H28N8OS. The average Bonchev–Trinajstić information content (AvgIpc) is 3.51. The number of benzene rings is 1. The van der Waals surface area contributed by atoms with E-state index in [0.717, 1.165) is 31.1 Å². The molecule has 2 aromatic heterocycles. The number of nitrogens with zero attached hydrogens (tertiary/aromatic N) is 6. The largest absolute Gasteiger partial charge is 0.324 e. The van der Waals surface area contributed by atoms with E-state index in [4.69, 9.17) is 0 Å². The standard InChI is InChI=1S/C26H28N8OS/c1-34-14-17-10-20(9-16-7-8-19-11-26(19,15-34)23(16)17)29-25-28-13-18(12-27)24(32-25)31-21-5-4-6-22(30-21)33-36(2,3)35/h4-6,9-10,13,19H,7-8,11,14-15H2,1-3H3,(H2,28,29,30,31,32). The topological polar surface area (TPSA) is 119 Å². The Bertz CT molecular complexity index is 1550. The average molecular weight is 501 g/mol. The molecule has 2 aliphatic carbocycles. The Labute approximate surface area is 211 Å². The second kappa shape index (κ2) is 8.25. The Morgan fingerprint density at radius 1 is 1.22 bits per heavy atom. The van der Waals surface area contributed by atoms with E-state index in [9.17, 15) is 9.47 Å². The summed E-state index contributed by atoms with van der Waals surface area (Å²) in [5, 5.41) is 16.1. The molecule has 1 fully saturated rings. The maximum absolute atomic E-state index is 12.0. The molecule has 1 aliphatic heterocycles. The van der Waals surface area contributed by atoms with E-state index in [1.807, 2.05) is 0 Å². The summed E-state index contributed by atoms with van der Waals surface area (Å²) >= 11 is 0. The lowest BCUT2D eigenvalue weighted by Crippen LogP contribution is -2.38. The van der Waals surface area contributed by atoms with Crippen LogP contribution in [0.3, 0.4) is 0 Å². The molecule has 2 atom stereocenters. The summed E-state index contributed by atoms with van der Waals surface area (Å²) in [5.74, 6) is 2.37. The zero-order valence-electron chi connectivity index (χ0n) is 20.6. The van der Waals surface area contributed by atoms with Gasteiger partial charge in [0.15, 0.2) is 11.6 Å². The predicted molar refractivity (Wildman–Crippen MR) is 141 cm³/mol. The quantitative estimate of drug-likeness (QED) is 0.534. The monoisotopic (exact) mass is 500 g/mol. The minimum atomic E-state index is -2.34. The molecule has 10 heteroatoms. The van der Waals surface area contributed by atoms with Gasteiger partial charge in [0.1, 0.15) is 17.5 Å². The van der Waals surface area contributed by atoms with E-state index < -0.39 is 9.73 Å². The van der Waals surface area contributed by atoms with E-state index in [1.54, 1.807) is 36.3 Å². The van der Waals surface area contributed by atoms with Gasteiger partial charge in [0, 0.05) is 46.4 Å². The van der Waals surface area contributed by atoms with Crippen LogP contribution in [0.1, 0.15) is 35.1 Å². The van der Waals surface area contributed by atoms with Crippen LogP contribution in [0.5, 0.6) is 0 Å². The number of nitrogens with one attached hydrogen (secondary N) is 2. The van der Waals surface area contributed by atoms with E-state index in [2.05, 4.69) is 60.1 Å². The molecule has 0 bridgehead atoms. The first kappa shape index (κ1) is 22.9. The van der Waals surface area contributed by atoms with Crippen LogP contribution in [0, 0.1) is 17.2 Å². The maximum atomic E-state index is 12.0. The highest BCUT2D eigenvalue weighted by molar-refractivity contribution is 7.92. The van der Waals surface area contributed by atoms with Crippen LogP contribution in [-0.4, -0.2) is 50.2 Å². The molecule has 3 aliphatic rings. The Morgan fingerprint density at radius 2 is 2.06 bits per heavy atom. The van der Waals surface area contributed by atoms with Crippen LogP contribution in [0.15, 0.2) is 40.9 Å². The van der Waals surface area contributed by atoms with Crippen molar-refractivity contribution in [1.82, 2.24) is 19.9 Å². The third-order valence-electron chi connectivity index (χ3n) is 7.25. The number of rotatable bonds is 5. The summed E-state index contributed by atoms with van der Waals surface area (Å²) in [5.41, 5.74) is 6.05. The number of aryl methyl sites for hydroxylation is 1. The summed E-state index contributed by atoms with van der Waals surface area (Å²) in [4.78, 5) is 15.8. The van der Waals surface area contributed by atoms with Gasteiger partial charge in [-0.1, -0.05) is 6.07 Å². The molecule has 0 amide bonds. The van der Waals surface area contributed by atoms with Crippen molar-refractivity contribution in [2.75, 3.05) is 36.7 Å². The molecule has 1 spiro atoms. The minimum absolute atomic E-state index is 0.295.